The molecule has 0 saturated carbocycles. The maximum Gasteiger partial charge on any atom is 0.135 e. The number of para-hydroxylation sites is 1. The van der Waals surface area contributed by atoms with E-state index in [0.717, 1.165) is 50.4 Å². The van der Waals surface area contributed by atoms with Gasteiger partial charge in [0.05, 0.1) is 0 Å². The summed E-state index contributed by atoms with van der Waals surface area (Å²) in [4.78, 5) is 9.36. The van der Waals surface area contributed by atoms with E-state index in [4.69, 9.17) is 9.72 Å². The van der Waals surface area contributed by atoms with E-state index in [2.05, 4.69) is 211 Å². The predicted molar refractivity (Wildman–Crippen MR) is 246 cm³/mol. The third kappa shape index (κ3) is 7.65. The van der Waals surface area contributed by atoms with Crippen molar-refractivity contribution in [3.05, 3.63) is 175 Å². The van der Waals surface area contributed by atoms with Crippen molar-refractivity contribution in [3.63, 3.8) is 0 Å². The van der Waals surface area contributed by atoms with E-state index < -0.39 is 0 Å². The van der Waals surface area contributed by atoms with Crippen molar-refractivity contribution in [2.24, 2.45) is 0 Å². The molecule has 0 amide bonds. The number of rotatable bonds is 6. The second-order valence-electron chi connectivity index (χ2n) is 18.7. The van der Waals surface area contributed by atoms with Gasteiger partial charge < -0.3 is 19.1 Å². The quantitative estimate of drug-likeness (QED) is 0.156. The molecule has 0 unspecified atom stereocenters. The Balaban J connectivity index is 0.00000499. The third-order valence-corrected chi connectivity index (χ3v) is 11.4. The van der Waals surface area contributed by atoms with E-state index in [1.807, 2.05) is 24.4 Å². The Morgan fingerprint density at radius 3 is 2.07 bits per heavy atom. The van der Waals surface area contributed by atoms with Crippen LogP contribution in [0.4, 0.5) is 22.7 Å². The van der Waals surface area contributed by atoms with Gasteiger partial charge in [-0.3, -0.25) is 0 Å². The largest absolute Gasteiger partial charge is 0.509 e. The fourth-order valence-corrected chi connectivity index (χ4v) is 8.17. The van der Waals surface area contributed by atoms with Gasteiger partial charge in [-0.05, 0) is 91.9 Å². The first-order chi connectivity index (χ1) is 28.1. The molecule has 0 saturated heterocycles. The first-order valence-electron chi connectivity index (χ1n) is 20.5. The van der Waals surface area contributed by atoms with E-state index in [9.17, 15) is 0 Å². The summed E-state index contributed by atoms with van der Waals surface area (Å²) in [6, 6.07) is 54.6. The van der Waals surface area contributed by atoms with E-state index in [1.165, 1.54) is 27.8 Å². The molecule has 8 aromatic rings. The van der Waals surface area contributed by atoms with E-state index in [0.29, 0.717) is 11.5 Å². The second kappa shape index (κ2) is 15.4. The number of benzene rings is 6. The van der Waals surface area contributed by atoms with Crippen molar-refractivity contribution in [2.45, 2.75) is 78.6 Å². The molecule has 60 heavy (non-hydrogen) atoms. The molecular formula is C54H51N4OPt-3. The molecule has 0 aliphatic carbocycles. The topological polar surface area (TPSA) is 33.5 Å². The fraction of sp³-hybridized carbons (Fsp3) is 0.222. The van der Waals surface area contributed by atoms with Gasteiger partial charge in [0.15, 0.2) is 0 Å². The van der Waals surface area contributed by atoms with Crippen LogP contribution in [0.1, 0.15) is 79.0 Å². The number of nitrogens with zero attached hydrogens (tertiary/aromatic N) is 4. The van der Waals surface area contributed by atoms with Crippen LogP contribution in [0.2, 0.25) is 0 Å². The van der Waals surface area contributed by atoms with Gasteiger partial charge in [0.1, 0.15) is 5.82 Å². The van der Waals surface area contributed by atoms with E-state index in [1.54, 1.807) is 0 Å². The first kappa shape index (κ1) is 41.1. The minimum absolute atomic E-state index is 0. The second-order valence-corrected chi connectivity index (χ2v) is 18.7. The number of pyridine rings is 1. The average molecular weight is 967 g/mol. The van der Waals surface area contributed by atoms with Crippen LogP contribution in [-0.2, 0) is 37.3 Å². The maximum absolute atomic E-state index is 6.62. The molecule has 2 aromatic heterocycles. The maximum atomic E-state index is 6.62. The summed E-state index contributed by atoms with van der Waals surface area (Å²) >= 11 is 0. The number of aromatic nitrogens is 2. The third-order valence-electron chi connectivity index (χ3n) is 11.4. The summed E-state index contributed by atoms with van der Waals surface area (Å²) in [5.74, 6) is 2.07. The SMILES string of the molecule is CC(C)(C)c1ccnc(-n2c3[c-]c(Oc4[c-]c(N5[CH-]N(c6cccc(-c7ccccc7C(C)(C)C)c6)c6cc(C(C)(C)C)ccc65)ccc4)ccc3c3ccccc32)c1.[Pt]. The zero-order chi connectivity index (χ0) is 41.3. The molecule has 306 valence electrons. The Morgan fingerprint density at radius 1 is 0.567 bits per heavy atom. The average Bonchev–Trinajstić information content (AvgIpc) is 3.76. The van der Waals surface area contributed by atoms with Gasteiger partial charge in [0.25, 0.3) is 0 Å². The summed E-state index contributed by atoms with van der Waals surface area (Å²) in [7, 11) is 0. The molecule has 0 N–H and O–H groups in total. The van der Waals surface area contributed by atoms with Gasteiger partial charge in [0.2, 0.25) is 0 Å². The van der Waals surface area contributed by atoms with Crippen LogP contribution < -0.4 is 14.5 Å². The molecule has 3 heterocycles. The standard InChI is InChI=1S/C54H51N4O.Pt/c1-52(2,3)37-24-27-48-50(31-37)57(39-17-14-16-36(30-39)43-20-10-12-22-46(43)54(7,8)9)35-56(48)40-18-15-19-41(33-40)59-42-25-26-45-44-21-11-13-23-47(44)58(49(45)34-42)51-32-38(28-29-55-51)53(4,5)6;/h10-32,35H,1-9H3;/q-3;. The minimum Gasteiger partial charge on any atom is -0.509 e. The number of ether oxygens (including phenoxy) is 1. The Hall–Kier alpha value is -5.64. The van der Waals surface area contributed by atoms with Gasteiger partial charge in [-0.1, -0.05) is 128 Å². The molecule has 6 aromatic carbocycles. The summed E-state index contributed by atoms with van der Waals surface area (Å²) in [6.07, 6.45) is 1.90. The molecule has 0 bridgehead atoms. The van der Waals surface area contributed by atoms with Gasteiger partial charge >= 0.3 is 0 Å². The van der Waals surface area contributed by atoms with Crippen LogP contribution in [0.15, 0.2) is 140 Å². The van der Waals surface area contributed by atoms with Gasteiger partial charge in [-0.25, -0.2) is 4.98 Å². The van der Waals surface area contributed by atoms with E-state index in [-0.39, 0.29) is 37.3 Å². The number of hydrogen-bond acceptors (Lipinski definition) is 4. The minimum atomic E-state index is -0.0176. The van der Waals surface area contributed by atoms with Crippen LogP contribution in [0.25, 0.3) is 38.8 Å². The van der Waals surface area contributed by atoms with Gasteiger partial charge in [-0.15, -0.1) is 48.1 Å². The molecule has 0 fully saturated rings. The van der Waals surface area contributed by atoms with Crippen LogP contribution in [0, 0.1) is 18.8 Å². The van der Waals surface area contributed by atoms with Crippen molar-refractivity contribution < 1.29 is 25.8 Å². The molecular weight excluding hydrogens is 916 g/mol. The van der Waals surface area contributed by atoms with Crippen molar-refractivity contribution in [1.29, 1.82) is 0 Å². The zero-order valence-electron chi connectivity index (χ0n) is 35.9. The van der Waals surface area contributed by atoms with Gasteiger partial charge in [-0.2, -0.15) is 12.1 Å². The normalized spacial score (nSPS) is 13.2. The molecule has 0 atom stereocenters. The fourth-order valence-electron chi connectivity index (χ4n) is 8.17. The number of hydrogen-bond donors (Lipinski definition) is 0. The summed E-state index contributed by atoms with van der Waals surface area (Å²) in [5.41, 5.74) is 12.4. The van der Waals surface area contributed by atoms with Crippen LogP contribution in [0.3, 0.4) is 0 Å². The summed E-state index contributed by atoms with van der Waals surface area (Å²) < 4.78 is 8.81. The van der Waals surface area contributed by atoms with Crippen LogP contribution >= 0.6 is 0 Å². The molecule has 0 spiro atoms. The Labute approximate surface area is 369 Å². The van der Waals surface area contributed by atoms with Crippen LogP contribution in [0.5, 0.6) is 11.5 Å². The first-order valence-corrected chi connectivity index (χ1v) is 20.5. The molecule has 1 aliphatic rings. The van der Waals surface area contributed by atoms with E-state index >= 15 is 0 Å². The predicted octanol–water partition coefficient (Wildman–Crippen LogP) is 14.5. The van der Waals surface area contributed by atoms with Gasteiger partial charge in [0, 0.05) is 61.3 Å². The van der Waals surface area contributed by atoms with Crippen LogP contribution in [-0.4, -0.2) is 9.55 Å². The van der Waals surface area contributed by atoms with Crippen molar-refractivity contribution in [3.8, 4) is 28.4 Å². The monoisotopic (exact) mass is 966 g/mol. The molecule has 0 radical (unpaired) electrons. The molecule has 9 rings (SSSR count). The Morgan fingerprint density at radius 2 is 1.28 bits per heavy atom. The Bertz CT molecular complexity index is 2870. The molecule has 6 heteroatoms. The molecule has 5 nitrogen and oxygen atoms in total. The number of fused-ring (bicyclic) bond motifs is 4. The Kier molecular flexibility index (Phi) is 10.6. The smallest absolute Gasteiger partial charge is 0.135 e. The molecule has 1 aliphatic heterocycles. The van der Waals surface area contributed by atoms with Crippen molar-refractivity contribution in [1.82, 2.24) is 9.55 Å². The zero-order valence-corrected chi connectivity index (χ0v) is 38.1. The summed E-state index contributed by atoms with van der Waals surface area (Å²) in [5, 5.41) is 2.24. The van der Waals surface area contributed by atoms with Crippen molar-refractivity contribution >= 4 is 44.6 Å². The van der Waals surface area contributed by atoms with Crippen molar-refractivity contribution in [2.75, 3.05) is 9.80 Å². The number of anilines is 4. The summed E-state index contributed by atoms with van der Waals surface area (Å²) in [6.45, 7) is 22.5.